The number of carbonyl (C=O) groups excluding carboxylic acids is 3. The first-order chi connectivity index (χ1) is 12.1. The highest BCUT2D eigenvalue weighted by atomic mass is 16.6. The Kier molecular flexibility index (Phi) is 8.75. The molecule has 7 heteroatoms. The van der Waals surface area contributed by atoms with Crippen molar-refractivity contribution in [1.82, 2.24) is 5.32 Å². The predicted molar refractivity (Wildman–Crippen MR) is 99.4 cm³/mol. The monoisotopic (exact) mass is 367 g/mol. The molecule has 7 nitrogen and oxygen atoms in total. The number of nitrogens with one attached hydrogen (secondary N) is 2. The fourth-order valence-corrected chi connectivity index (χ4v) is 3.33. The predicted octanol–water partition coefficient (Wildman–Crippen LogP) is 2.66. The average Bonchev–Trinajstić information content (AvgIpc) is 2.53. The van der Waals surface area contributed by atoms with Gasteiger partial charge in [-0.1, -0.05) is 44.9 Å². The van der Waals surface area contributed by atoms with E-state index in [2.05, 4.69) is 5.32 Å². The number of primary amides is 1. The van der Waals surface area contributed by atoms with Gasteiger partial charge in [-0.2, -0.15) is 0 Å². The molecule has 1 saturated carbocycles. The molecule has 148 valence electrons. The summed E-state index contributed by atoms with van der Waals surface area (Å²) in [4.78, 5) is 35.5. The standard InChI is InChI=1S/C19H33N3O4/c1-19(2,3)26-15(23)12-14(18(25)22-16(20)17(21)24)11-7-10-13-8-5-4-6-9-13/h13-14H,4-12H2,1-3H3,(H2,21,24)(H2,20,22,25)/t14-/m1/s1. The van der Waals surface area contributed by atoms with Gasteiger partial charge >= 0.3 is 5.97 Å². The fraction of sp³-hybridized carbons (Fsp3) is 0.789. The SMILES string of the molecule is CC(C)(C)OC(=O)C[C@@H](CCCC1CCCCC1)C(=O)NC(=N)C(N)=O. The van der Waals surface area contributed by atoms with Gasteiger partial charge in [0.05, 0.1) is 6.42 Å². The van der Waals surface area contributed by atoms with Crippen molar-refractivity contribution in [2.24, 2.45) is 17.6 Å². The van der Waals surface area contributed by atoms with Crippen LogP contribution in [0.3, 0.4) is 0 Å². The molecule has 4 N–H and O–H groups in total. The van der Waals surface area contributed by atoms with Gasteiger partial charge in [-0.05, 0) is 33.1 Å². The van der Waals surface area contributed by atoms with Crippen molar-refractivity contribution in [1.29, 1.82) is 5.41 Å². The van der Waals surface area contributed by atoms with Crippen molar-refractivity contribution in [3.8, 4) is 0 Å². The van der Waals surface area contributed by atoms with E-state index >= 15 is 0 Å². The minimum atomic E-state index is -1.00. The van der Waals surface area contributed by atoms with Crippen LogP contribution in [-0.2, 0) is 19.1 Å². The van der Waals surface area contributed by atoms with Gasteiger partial charge in [0.2, 0.25) is 5.91 Å². The van der Waals surface area contributed by atoms with E-state index in [4.69, 9.17) is 15.9 Å². The highest BCUT2D eigenvalue weighted by Gasteiger charge is 2.27. The number of nitrogens with two attached hydrogens (primary N) is 1. The Morgan fingerprint density at radius 2 is 1.81 bits per heavy atom. The maximum Gasteiger partial charge on any atom is 0.307 e. The molecule has 1 aliphatic rings. The molecule has 0 bridgehead atoms. The summed E-state index contributed by atoms with van der Waals surface area (Å²) >= 11 is 0. The summed E-state index contributed by atoms with van der Waals surface area (Å²) < 4.78 is 5.30. The van der Waals surface area contributed by atoms with Gasteiger partial charge in [0.25, 0.3) is 5.91 Å². The molecule has 2 amide bonds. The van der Waals surface area contributed by atoms with Crippen molar-refractivity contribution in [2.45, 2.75) is 84.2 Å². The maximum atomic E-state index is 12.4. The van der Waals surface area contributed by atoms with E-state index in [-0.39, 0.29) is 6.42 Å². The second kappa shape index (κ2) is 10.3. The third kappa shape index (κ3) is 8.97. The Morgan fingerprint density at radius 1 is 1.19 bits per heavy atom. The summed E-state index contributed by atoms with van der Waals surface area (Å²) in [6.07, 6.45) is 8.61. The molecule has 26 heavy (non-hydrogen) atoms. The molecular formula is C19H33N3O4. The van der Waals surface area contributed by atoms with Crippen LogP contribution in [0.2, 0.25) is 0 Å². The minimum absolute atomic E-state index is 0.0696. The molecule has 1 fully saturated rings. The van der Waals surface area contributed by atoms with Crippen molar-refractivity contribution >= 4 is 23.6 Å². The summed E-state index contributed by atoms with van der Waals surface area (Å²) in [5.74, 6) is -2.58. The van der Waals surface area contributed by atoms with E-state index in [0.717, 1.165) is 12.8 Å². The molecule has 1 aliphatic carbocycles. The largest absolute Gasteiger partial charge is 0.460 e. The number of ether oxygens (including phenoxy) is 1. The second-order valence-corrected chi connectivity index (χ2v) is 8.15. The number of hydrogen-bond acceptors (Lipinski definition) is 5. The molecule has 0 unspecified atom stereocenters. The highest BCUT2D eigenvalue weighted by molar-refractivity contribution is 6.38. The van der Waals surface area contributed by atoms with Gasteiger partial charge in [0.1, 0.15) is 5.60 Å². The number of hydrogen-bond donors (Lipinski definition) is 3. The van der Waals surface area contributed by atoms with E-state index < -0.39 is 35.1 Å². The van der Waals surface area contributed by atoms with Crippen LogP contribution in [0, 0.1) is 17.2 Å². The number of amides is 2. The molecule has 0 spiro atoms. The smallest absolute Gasteiger partial charge is 0.307 e. The lowest BCUT2D eigenvalue weighted by molar-refractivity contribution is -0.157. The quantitative estimate of drug-likeness (QED) is 0.364. The van der Waals surface area contributed by atoms with E-state index in [1.165, 1.54) is 32.1 Å². The lowest BCUT2D eigenvalue weighted by Crippen LogP contribution is -2.43. The zero-order valence-electron chi connectivity index (χ0n) is 16.2. The highest BCUT2D eigenvalue weighted by Crippen LogP contribution is 2.29. The Bertz CT molecular complexity index is 519. The van der Waals surface area contributed by atoms with Gasteiger partial charge in [-0.15, -0.1) is 0 Å². The van der Waals surface area contributed by atoms with Crippen LogP contribution >= 0.6 is 0 Å². The van der Waals surface area contributed by atoms with Gasteiger partial charge < -0.3 is 15.8 Å². The van der Waals surface area contributed by atoms with E-state index in [9.17, 15) is 14.4 Å². The van der Waals surface area contributed by atoms with Gasteiger partial charge in [0.15, 0.2) is 5.84 Å². The Balaban J connectivity index is 2.60. The number of carbonyl (C=O) groups is 3. The molecule has 1 atom stereocenters. The minimum Gasteiger partial charge on any atom is -0.460 e. The first kappa shape index (κ1) is 22.1. The molecule has 1 rings (SSSR count). The van der Waals surface area contributed by atoms with Gasteiger partial charge in [-0.3, -0.25) is 19.8 Å². The molecule has 0 aliphatic heterocycles. The summed E-state index contributed by atoms with van der Waals surface area (Å²) in [7, 11) is 0. The molecule has 0 saturated heterocycles. The van der Waals surface area contributed by atoms with E-state index in [1.54, 1.807) is 20.8 Å². The number of rotatable bonds is 7. The fourth-order valence-electron chi connectivity index (χ4n) is 3.33. The number of amidine groups is 1. The van der Waals surface area contributed by atoms with E-state index in [1.807, 2.05) is 0 Å². The normalized spacial score (nSPS) is 16.6. The Hall–Kier alpha value is -1.92. The summed E-state index contributed by atoms with van der Waals surface area (Å²) in [6, 6.07) is 0. The van der Waals surface area contributed by atoms with Crippen molar-refractivity contribution in [2.75, 3.05) is 0 Å². The van der Waals surface area contributed by atoms with Crippen LogP contribution in [0.4, 0.5) is 0 Å². The van der Waals surface area contributed by atoms with Gasteiger partial charge in [0, 0.05) is 5.92 Å². The molecular weight excluding hydrogens is 334 g/mol. The van der Waals surface area contributed by atoms with E-state index in [0.29, 0.717) is 12.3 Å². The molecule has 0 aromatic rings. The zero-order chi connectivity index (χ0) is 19.7. The van der Waals surface area contributed by atoms with Crippen LogP contribution in [0.15, 0.2) is 0 Å². The van der Waals surface area contributed by atoms with Crippen LogP contribution in [0.1, 0.15) is 78.6 Å². The lowest BCUT2D eigenvalue weighted by Gasteiger charge is -2.24. The Labute approximate surface area is 155 Å². The Morgan fingerprint density at radius 3 is 2.35 bits per heavy atom. The number of esters is 1. The molecule has 0 aromatic carbocycles. The van der Waals surface area contributed by atoms with Crippen LogP contribution in [0.25, 0.3) is 0 Å². The second-order valence-electron chi connectivity index (χ2n) is 8.15. The lowest BCUT2D eigenvalue weighted by atomic mass is 9.84. The molecule has 0 heterocycles. The van der Waals surface area contributed by atoms with Crippen LogP contribution < -0.4 is 11.1 Å². The van der Waals surface area contributed by atoms with Crippen LogP contribution in [0.5, 0.6) is 0 Å². The first-order valence-electron chi connectivity index (χ1n) is 9.49. The van der Waals surface area contributed by atoms with Gasteiger partial charge in [-0.25, -0.2) is 0 Å². The molecule has 0 aromatic heterocycles. The zero-order valence-corrected chi connectivity index (χ0v) is 16.2. The molecule has 0 radical (unpaired) electrons. The third-order valence-electron chi connectivity index (χ3n) is 4.59. The summed E-state index contributed by atoms with van der Waals surface area (Å²) in [6.45, 7) is 5.31. The summed E-state index contributed by atoms with van der Waals surface area (Å²) in [5, 5.41) is 9.61. The maximum absolute atomic E-state index is 12.4. The van der Waals surface area contributed by atoms with Crippen molar-refractivity contribution < 1.29 is 19.1 Å². The van der Waals surface area contributed by atoms with Crippen LogP contribution in [-0.4, -0.2) is 29.2 Å². The third-order valence-corrected chi connectivity index (χ3v) is 4.59. The van der Waals surface area contributed by atoms with Crippen molar-refractivity contribution in [3.05, 3.63) is 0 Å². The average molecular weight is 367 g/mol. The summed E-state index contributed by atoms with van der Waals surface area (Å²) in [5.41, 5.74) is 4.37. The van der Waals surface area contributed by atoms with Crippen molar-refractivity contribution in [3.63, 3.8) is 0 Å². The topological polar surface area (TPSA) is 122 Å². The first-order valence-corrected chi connectivity index (χ1v) is 9.49.